The Hall–Kier alpha value is -1.55. The van der Waals surface area contributed by atoms with Crippen LogP contribution in [0.15, 0.2) is 30.3 Å². The third kappa shape index (κ3) is 3.47. The van der Waals surface area contributed by atoms with Crippen molar-refractivity contribution in [2.24, 2.45) is 5.92 Å². The largest absolute Gasteiger partial charge is 0.396 e. The molecular weight excluding hydrogens is 228 g/mol. The van der Waals surface area contributed by atoms with Gasteiger partial charge in [-0.05, 0) is 25.0 Å². The highest BCUT2D eigenvalue weighted by Gasteiger charge is 2.25. The van der Waals surface area contributed by atoms with E-state index in [9.17, 15) is 9.90 Å². The van der Waals surface area contributed by atoms with Gasteiger partial charge in [0.05, 0.1) is 0 Å². The number of benzene rings is 1. The van der Waals surface area contributed by atoms with E-state index in [1.54, 1.807) is 0 Å². The number of carbonyl (C=O) groups is 1. The number of hydrogen-bond acceptors (Lipinski definition) is 2. The molecule has 0 aromatic heterocycles. The summed E-state index contributed by atoms with van der Waals surface area (Å²) in [5, 5.41) is 15.1. The molecule has 2 rings (SSSR count). The van der Waals surface area contributed by atoms with Gasteiger partial charge in [0.2, 0.25) is 0 Å². The van der Waals surface area contributed by atoms with Gasteiger partial charge >= 0.3 is 6.03 Å². The highest BCUT2D eigenvalue weighted by atomic mass is 16.3. The van der Waals surface area contributed by atoms with Crippen molar-refractivity contribution in [1.29, 1.82) is 0 Å². The van der Waals surface area contributed by atoms with E-state index >= 15 is 0 Å². The normalized spacial score (nSPS) is 23.4. The zero-order valence-corrected chi connectivity index (χ0v) is 10.4. The topological polar surface area (TPSA) is 61.4 Å². The van der Waals surface area contributed by atoms with E-state index in [-0.39, 0.29) is 24.6 Å². The maximum Gasteiger partial charge on any atom is 0.319 e. The van der Waals surface area contributed by atoms with Crippen molar-refractivity contribution >= 4 is 11.7 Å². The molecule has 0 aliphatic heterocycles. The summed E-state index contributed by atoms with van der Waals surface area (Å²) in [6.45, 7) is 0.149. The van der Waals surface area contributed by atoms with Gasteiger partial charge in [-0.15, -0.1) is 0 Å². The number of carbonyl (C=O) groups excluding carboxylic acids is 1. The summed E-state index contributed by atoms with van der Waals surface area (Å²) in [5.41, 5.74) is 0.784. The summed E-state index contributed by atoms with van der Waals surface area (Å²) in [6, 6.07) is 9.28. The fraction of sp³-hybridized carbons (Fsp3) is 0.500. The molecule has 18 heavy (non-hydrogen) atoms. The van der Waals surface area contributed by atoms with Gasteiger partial charge in [0.25, 0.3) is 0 Å². The van der Waals surface area contributed by atoms with Crippen molar-refractivity contribution in [3.63, 3.8) is 0 Å². The number of para-hydroxylation sites is 1. The fourth-order valence-electron chi connectivity index (χ4n) is 2.47. The summed E-state index contributed by atoms with van der Waals surface area (Å²) in [6.07, 6.45) is 4.21. The first-order chi connectivity index (χ1) is 8.79. The van der Waals surface area contributed by atoms with Crippen molar-refractivity contribution in [2.75, 3.05) is 11.9 Å². The average Bonchev–Trinajstić information content (AvgIpc) is 2.40. The quantitative estimate of drug-likeness (QED) is 0.769. The first kappa shape index (κ1) is 12.9. The minimum Gasteiger partial charge on any atom is -0.396 e. The molecule has 2 amide bonds. The van der Waals surface area contributed by atoms with E-state index in [0.717, 1.165) is 31.4 Å². The molecule has 1 aromatic rings. The molecule has 1 fully saturated rings. The number of amides is 2. The van der Waals surface area contributed by atoms with Crippen molar-refractivity contribution in [3.8, 4) is 0 Å². The average molecular weight is 248 g/mol. The van der Waals surface area contributed by atoms with Crippen molar-refractivity contribution < 1.29 is 9.90 Å². The summed E-state index contributed by atoms with van der Waals surface area (Å²) in [5.74, 6) is 0.195. The van der Waals surface area contributed by atoms with Crippen LogP contribution in [-0.4, -0.2) is 23.8 Å². The Balaban J connectivity index is 1.86. The summed E-state index contributed by atoms with van der Waals surface area (Å²) in [7, 11) is 0. The van der Waals surface area contributed by atoms with Crippen molar-refractivity contribution in [2.45, 2.75) is 31.7 Å². The molecule has 0 heterocycles. The predicted octanol–water partition coefficient (Wildman–Crippen LogP) is 2.36. The van der Waals surface area contributed by atoms with Crippen LogP contribution < -0.4 is 10.6 Å². The Morgan fingerprint density at radius 3 is 2.67 bits per heavy atom. The number of hydrogen-bond donors (Lipinski definition) is 3. The van der Waals surface area contributed by atoms with Gasteiger partial charge in [0.1, 0.15) is 0 Å². The van der Waals surface area contributed by atoms with Crippen LogP contribution in [-0.2, 0) is 0 Å². The van der Waals surface area contributed by atoms with Gasteiger partial charge < -0.3 is 15.7 Å². The molecule has 0 bridgehead atoms. The smallest absolute Gasteiger partial charge is 0.319 e. The standard InChI is InChI=1S/C14H20N2O2/c17-10-11-6-4-5-9-13(11)16-14(18)15-12-7-2-1-3-8-12/h1-3,7-8,11,13,17H,4-6,9-10H2,(H2,15,16,18). The van der Waals surface area contributed by atoms with Crippen molar-refractivity contribution in [1.82, 2.24) is 5.32 Å². The molecule has 1 aliphatic carbocycles. The molecule has 0 saturated heterocycles. The van der Waals surface area contributed by atoms with E-state index in [4.69, 9.17) is 0 Å². The molecule has 2 unspecified atom stereocenters. The van der Waals surface area contributed by atoms with Crippen LogP contribution in [0.4, 0.5) is 10.5 Å². The maximum atomic E-state index is 11.8. The minimum atomic E-state index is -0.188. The Labute approximate surface area is 107 Å². The van der Waals surface area contributed by atoms with Crippen LogP contribution in [0.1, 0.15) is 25.7 Å². The number of anilines is 1. The van der Waals surface area contributed by atoms with Crippen LogP contribution in [0.5, 0.6) is 0 Å². The van der Waals surface area contributed by atoms with Crippen LogP contribution >= 0.6 is 0 Å². The lowest BCUT2D eigenvalue weighted by Gasteiger charge is -2.30. The molecule has 1 saturated carbocycles. The lowest BCUT2D eigenvalue weighted by Crippen LogP contribution is -2.45. The second kappa shape index (κ2) is 6.40. The van der Waals surface area contributed by atoms with Crippen LogP contribution in [0.2, 0.25) is 0 Å². The second-order valence-corrected chi connectivity index (χ2v) is 4.80. The first-order valence-electron chi connectivity index (χ1n) is 6.53. The Morgan fingerprint density at radius 1 is 1.22 bits per heavy atom. The molecule has 4 heteroatoms. The van der Waals surface area contributed by atoms with Crippen LogP contribution in [0.25, 0.3) is 0 Å². The van der Waals surface area contributed by atoms with Gasteiger partial charge in [-0.2, -0.15) is 0 Å². The monoisotopic (exact) mass is 248 g/mol. The maximum absolute atomic E-state index is 11.8. The number of aliphatic hydroxyl groups is 1. The number of rotatable bonds is 3. The molecule has 4 nitrogen and oxygen atoms in total. The second-order valence-electron chi connectivity index (χ2n) is 4.80. The van der Waals surface area contributed by atoms with Gasteiger partial charge in [-0.3, -0.25) is 0 Å². The zero-order valence-electron chi connectivity index (χ0n) is 10.4. The van der Waals surface area contributed by atoms with Gasteiger partial charge in [-0.1, -0.05) is 31.0 Å². The number of nitrogens with one attached hydrogen (secondary N) is 2. The van der Waals surface area contributed by atoms with E-state index in [1.807, 2.05) is 30.3 Å². The first-order valence-corrected chi connectivity index (χ1v) is 6.53. The zero-order chi connectivity index (χ0) is 12.8. The molecule has 1 aliphatic rings. The van der Waals surface area contributed by atoms with Crippen molar-refractivity contribution in [3.05, 3.63) is 30.3 Å². The molecule has 0 spiro atoms. The minimum absolute atomic E-state index is 0.0902. The molecule has 98 valence electrons. The van der Waals surface area contributed by atoms with Crippen LogP contribution in [0, 0.1) is 5.92 Å². The third-order valence-electron chi connectivity index (χ3n) is 3.49. The summed E-state index contributed by atoms with van der Waals surface area (Å²) >= 11 is 0. The lowest BCUT2D eigenvalue weighted by molar-refractivity contribution is 0.156. The highest BCUT2D eigenvalue weighted by Crippen LogP contribution is 2.24. The Bertz CT molecular complexity index is 381. The van der Waals surface area contributed by atoms with Gasteiger partial charge in [0.15, 0.2) is 0 Å². The van der Waals surface area contributed by atoms with Gasteiger partial charge in [0, 0.05) is 24.3 Å². The predicted molar refractivity (Wildman–Crippen MR) is 71.4 cm³/mol. The summed E-state index contributed by atoms with van der Waals surface area (Å²) in [4.78, 5) is 11.8. The fourth-order valence-corrected chi connectivity index (χ4v) is 2.47. The Kier molecular flexibility index (Phi) is 4.59. The van der Waals surface area contributed by atoms with E-state index in [2.05, 4.69) is 10.6 Å². The molecule has 1 aromatic carbocycles. The molecule has 0 radical (unpaired) electrons. The molecule has 2 atom stereocenters. The van der Waals surface area contributed by atoms with Crippen LogP contribution in [0.3, 0.4) is 0 Å². The highest BCUT2D eigenvalue weighted by molar-refractivity contribution is 5.89. The molecular formula is C14H20N2O2. The molecule has 3 N–H and O–H groups in total. The lowest BCUT2D eigenvalue weighted by atomic mass is 9.85. The van der Waals surface area contributed by atoms with E-state index in [0.29, 0.717) is 0 Å². The van der Waals surface area contributed by atoms with E-state index < -0.39 is 0 Å². The van der Waals surface area contributed by atoms with Gasteiger partial charge in [-0.25, -0.2) is 4.79 Å². The third-order valence-corrected chi connectivity index (χ3v) is 3.49. The number of urea groups is 1. The Morgan fingerprint density at radius 2 is 1.94 bits per heavy atom. The van der Waals surface area contributed by atoms with E-state index in [1.165, 1.54) is 0 Å². The SMILES string of the molecule is O=C(Nc1ccccc1)NC1CCCCC1CO. The summed E-state index contributed by atoms with van der Waals surface area (Å²) < 4.78 is 0. The number of aliphatic hydroxyl groups excluding tert-OH is 1.